The molecule has 24 heavy (non-hydrogen) atoms. The fraction of sp³-hybridized carbons (Fsp3) is 0.227. The lowest BCUT2D eigenvalue weighted by Crippen LogP contribution is -2.44. The quantitative estimate of drug-likeness (QED) is 0.514. The van der Waals surface area contributed by atoms with Crippen LogP contribution in [0.1, 0.15) is 24.6 Å². The van der Waals surface area contributed by atoms with E-state index in [1.807, 2.05) is 0 Å². The molecule has 2 aromatic heterocycles. The van der Waals surface area contributed by atoms with E-state index < -0.39 is 0 Å². The van der Waals surface area contributed by atoms with Crippen LogP contribution in [0.25, 0.3) is 33.1 Å². The summed E-state index contributed by atoms with van der Waals surface area (Å²) in [6, 6.07) is 19.9. The Labute approximate surface area is 141 Å². The normalized spacial score (nSPS) is 13.2. The van der Waals surface area contributed by atoms with Crippen LogP contribution in [0.4, 0.5) is 0 Å². The number of pyridine rings is 1. The van der Waals surface area contributed by atoms with Crippen LogP contribution in [-0.4, -0.2) is 4.98 Å². The van der Waals surface area contributed by atoms with Crippen LogP contribution in [0.5, 0.6) is 0 Å². The SMILES string of the molecule is CCCc1cc2ccccc2c2[n+]1CCc1c-2[nH]c2ccccc12. The summed E-state index contributed by atoms with van der Waals surface area (Å²) in [6.07, 6.45) is 3.41. The van der Waals surface area contributed by atoms with E-state index >= 15 is 0 Å². The number of fused-ring (bicyclic) bond motifs is 7. The van der Waals surface area contributed by atoms with Gasteiger partial charge in [-0.25, -0.2) is 0 Å². The maximum absolute atomic E-state index is 3.71. The number of aryl methyl sites for hydroxylation is 2. The van der Waals surface area contributed by atoms with E-state index in [4.69, 9.17) is 0 Å². The lowest BCUT2D eigenvalue weighted by atomic mass is 9.96. The Hall–Kier alpha value is -2.61. The van der Waals surface area contributed by atoms with Crippen molar-refractivity contribution < 1.29 is 4.57 Å². The minimum atomic E-state index is 1.07. The van der Waals surface area contributed by atoms with Crippen LogP contribution < -0.4 is 4.57 Å². The second-order valence-electron chi connectivity index (χ2n) is 6.75. The van der Waals surface area contributed by atoms with Crippen molar-refractivity contribution in [3.8, 4) is 11.4 Å². The topological polar surface area (TPSA) is 19.7 Å². The van der Waals surface area contributed by atoms with Gasteiger partial charge in [-0.1, -0.05) is 43.3 Å². The van der Waals surface area contributed by atoms with E-state index in [0.717, 1.165) is 19.4 Å². The van der Waals surface area contributed by atoms with Crippen LogP contribution in [0.3, 0.4) is 0 Å². The Morgan fingerprint density at radius 2 is 1.79 bits per heavy atom. The molecule has 1 aliphatic heterocycles. The molecule has 0 bridgehead atoms. The van der Waals surface area contributed by atoms with Crippen LogP contribution in [-0.2, 0) is 19.4 Å². The van der Waals surface area contributed by atoms with E-state index in [9.17, 15) is 0 Å². The van der Waals surface area contributed by atoms with Crippen LogP contribution in [0.15, 0.2) is 54.6 Å². The predicted octanol–water partition coefficient (Wildman–Crippen LogP) is 4.78. The van der Waals surface area contributed by atoms with Crippen LogP contribution in [0, 0.1) is 0 Å². The zero-order valence-electron chi connectivity index (χ0n) is 14.0. The summed E-state index contributed by atoms with van der Waals surface area (Å²) < 4.78 is 2.55. The first-order valence-corrected chi connectivity index (χ1v) is 8.91. The molecular weight excluding hydrogens is 292 g/mol. The average Bonchev–Trinajstić information content (AvgIpc) is 3.00. The number of hydrogen-bond donors (Lipinski definition) is 1. The molecule has 0 amide bonds. The third-order valence-corrected chi connectivity index (χ3v) is 5.30. The fourth-order valence-electron chi connectivity index (χ4n) is 4.26. The molecule has 1 aliphatic rings. The lowest BCUT2D eigenvalue weighted by Gasteiger charge is -2.16. The highest BCUT2D eigenvalue weighted by Crippen LogP contribution is 2.35. The molecule has 0 aliphatic carbocycles. The Morgan fingerprint density at radius 1 is 1.00 bits per heavy atom. The summed E-state index contributed by atoms with van der Waals surface area (Å²) in [4.78, 5) is 3.71. The third kappa shape index (κ3) is 1.86. The van der Waals surface area contributed by atoms with Gasteiger partial charge in [-0.05, 0) is 29.5 Å². The van der Waals surface area contributed by atoms with Gasteiger partial charge in [-0.2, -0.15) is 4.57 Å². The fourth-order valence-corrected chi connectivity index (χ4v) is 4.26. The first-order valence-electron chi connectivity index (χ1n) is 8.91. The largest absolute Gasteiger partial charge is 0.349 e. The average molecular weight is 313 g/mol. The molecular formula is C22H21N2+. The van der Waals surface area contributed by atoms with Gasteiger partial charge in [0.15, 0.2) is 12.2 Å². The number of hydrogen-bond acceptors (Lipinski definition) is 0. The number of rotatable bonds is 2. The van der Waals surface area contributed by atoms with Gasteiger partial charge in [0, 0.05) is 29.8 Å². The van der Waals surface area contributed by atoms with Gasteiger partial charge in [0.2, 0.25) is 5.69 Å². The first-order chi connectivity index (χ1) is 11.9. The summed E-state index contributed by atoms with van der Waals surface area (Å²) in [5, 5.41) is 4.08. The van der Waals surface area contributed by atoms with Crippen molar-refractivity contribution in [1.82, 2.24) is 4.98 Å². The molecule has 118 valence electrons. The van der Waals surface area contributed by atoms with E-state index in [1.54, 1.807) is 0 Å². The zero-order valence-corrected chi connectivity index (χ0v) is 14.0. The number of H-pyrrole nitrogens is 1. The second-order valence-corrected chi connectivity index (χ2v) is 6.75. The van der Waals surface area contributed by atoms with Gasteiger partial charge in [-0.3, -0.25) is 0 Å². The second kappa shape index (κ2) is 5.20. The van der Waals surface area contributed by atoms with Crippen LogP contribution >= 0.6 is 0 Å². The van der Waals surface area contributed by atoms with Crippen molar-refractivity contribution in [2.45, 2.75) is 32.7 Å². The highest BCUT2D eigenvalue weighted by atomic mass is 15.0. The number of para-hydroxylation sites is 1. The number of aromatic nitrogens is 2. The zero-order chi connectivity index (χ0) is 16.1. The highest BCUT2D eigenvalue weighted by molar-refractivity contribution is 5.98. The standard InChI is InChI=1S/C22H20N2/c1-2-7-16-14-15-8-3-4-9-17(15)22-21-19(12-13-24(16)22)18-10-5-6-11-20(18)23-21/h3-6,8-11,14H,2,7,12-13H2,1H3/p+1. The summed E-state index contributed by atoms with van der Waals surface area (Å²) in [6.45, 7) is 3.34. The van der Waals surface area contributed by atoms with Gasteiger partial charge in [0.05, 0.1) is 5.39 Å². The predicted molar refractivity (Wildman–Crippen MR) is 99.1 cm³/mol. The molecule has 2 nitrogen and oxygen atoms in total. The summed E-state index contributed by atoms with van der Waals surface area (Å²) in [5.74, 6) is 0. The Kier molecular flexibility index (Phi) is 2.99. The third-order valence-electron chi connectivity index (χ3n) is 5.30. The van der Waals surface area contributed by atoms with Crippen molar-refractivity contribution >= 4 is 21.7 Å². The highest BCUT2D eigenvalue weighted by Gasteiger charge is 2.31. The van der Waals surface area contributed by atoms with Gasteiger partial charge in [-0.15, -0.1) is 0 Å². The molecule has 5 rings (SSSR count). The van der Waals surface area contributed by atoms with Gasteiger partial charge < -0.3 is 4.98 Å². The smallest absolute Gasteiger partial charge is 0.237 e. The molecule has 0 atom stereocenters. The van der Waals surface area contributed by atoms with Gasteiger partial charge >= 0.3 is 0 Å². The Balaban J connectivity index is 1.91. The monoisotopic (exact) mass is 313 g/mol. The van der Waals surface area contributed by atoms with Crippen molar-refractivity contribution in [3.05, 3.63) is 65.9 Å². The van der Waals surface area contributed by atoms with Gasteiger partial charge in [0.25, 0.3) is 0 Å². The van der Waals surface area contributed by atoms with Crippen molar-refractivity contribution in [1.29, 1.82) is 0 Å². The summed E-state index contributed by atoms with van der Waals surface area (Å²) in [7, 11) is 0. The molecule has 2 aromatic carbocycles. The van der Waals surface area contributed by atoms with Crippen molar-refractivity contribution in [2.24, 2.45) is 0 Å². The molecule has 0 unspecified atom stereocenters. The summed E-state index contributed by atoms with van der Waals surface area (Å²) >= 11 is 0. The van der Waals surface area contributed by atoms with Crippen molar-refractivity contribution in [2.75, 3.05) is 0 Å². The van der Waals surface area contributed by atoms with E-state index in [-0.39, 0.29) is 0 Å². The first kappa shape index (κ1) is 13.8. The molecule has 0 saturated carbocycles. The number of aromatic amines is 1. The number of nitrogens with zero attached hydrogens (tertiary/aromatic N) is 1. The Morgan fingerprint density at radius 3 is 2.67 bits per heavy atom. The minimum absolute atomic E-state index is 1.07. The molecule has 3 heterocycles. The number of benzene rings is 2. The molecule has 2 heteroatoms. The molecule has 4 aromatic rings. The van der Waals surface area contributed by atoms with Gasteiger partial charge in [0.1, 0.15) is 5.69 Å². The van der Waals surface area contributed by atoms with E-state index in [1.165, 1.54) is 50.7 Å². The lowest BCUT2D eigenvalue weighted by molar-refractivity contribution is -0.693. The minimum Gasteiger partial charge on any atom is -0.349 e. The van der Waals surface area contributed by atoms with Crippen molar-refractivity contribution in [3.63, 3.8) is 0 Å². The number of nitrogens with one attached hydrogen (secondary N) is 1. The van der Waals surface area contributed by atoms with Crippen LogP contribution in [0.2, 0.25) is 0 Å². The molecule has 0 saturated heterocycles. The van der Waals surface area contributed by atoms with E-state index in [2.05, 4.69) is 71.1 Å². The molecule has 1 N–H and O–H groups in total. The van der Waals surface area contributed by atoms with E-state index in [0.29, 0.717) is 0 Å². The maximum atomic E-state index is 3.71. The molecule has 0 spiro atoms. The Bertz CT molecular complexity index is 1070. The molecule has 0 fully saturated rings. The maximum Gasteiger partial charge on any atom is 0.237 e. The summed E-state index contributed by atoms with van der Waals surface area (Å²) in [5.41, 5.74) is 6.87. The molecule has 0 radical (unpaired) electrons.